The van der Waals surface area contributed by atoms with Gasteiger partial charge in [-0.15, -0.1) is 11.8 Å². The van der Waals surface area contributed by atoms with Crippen molar-refractivity contribution in [2.75, 3.05) is 11.7 Å². The summed E-state index contributed by atoms with van der Waals surface area (Å²) in [6.45, 7) is 1.02. The van der Waals surface area contributed by atoms with Crippen LogP contribution < -0.4 is 15.2 Å². The highest BCUT2D eigenvalue weighted by atomic mass is 32.2. The fourth-order valence-corrected chi connectivity index (χ4v) is 5.89. The molecule has 2 aliphatic heterocycles. The Morgan fingerprint density at radius 1 is 1.08 bits per heavy atom. The Hall–Kier alpha value is -3.87. The molecule has 13 heteroatoms. The first kappa shape index (κ1) is 26.7. The van der Waals surface area contributed by atoms with Crippen LogP contribution >= 0.6 is 11.8 Å². The Bertz CT molecular complexity index is 1560. The lowest BCUT2D eigenvalue weighted by molar-refractivity contribution is -0.173. The molecule has 204 valence electrons. The predicted molar refractivity (Wildman–Crippen MR) is 131 cm³/mol. The largest absolute Gasteiger partial charge is 0.420 e. The number of ether oxygens (including phenoxy) is 1. The number of amides is 1. The number of alkyl halides is 3. The number of esters is 1. The quantitative estimate of drug-likeness (QED) is 0.337. The van der Waals surface area contributed by atoms with Crippen molar-refractivity contribution >= 4 is 23.6 Å². The van der Waals surface area contributed by atoms with Gasteiger partial charge in [0.05, 0.1) is 0 Å². The zero-order valence-corrected chi connectivity index (χ0v) is 21.3. The summed E-state index contributed by atoms with van der Waals surface area (Å²) in [7, 11) is 0. The molecule has 0 saturated carbocycles. The molecule has 0 bridgehead atoms. The van der Waals surface area contributed by atoms with Gasteiger partial charge in [0, 0.05) is 35.4 Å². The van der Waals surface area contributed by atoms with Crippen LogP contribution in [0.4, 0.5) is 22.0 Å². The maximum atomic E-state index is 15.5. The predicted octanol–water partition coefficient (Wildman–Crippen LogP) is 4.75. The van der Waals surface area contributed by atoms with E-state index in [0.29, 0.717) is 10.5 Å². The minimum atomic E-state index is -4.87. The van der Waals surface area contributed by atoms with Gasteiger partial charge >= 0.3 is 12.1 Å². The zero-order chi connectivity index (χ0) is 28.2. The van der Waals surface area contributed by atoms with Crippen LogP contribution in [0, 0.1) is 11.6 Å². The Labute approximate surface area is 222 Å². The molecule has 2 atom stereocenters. The van der Waals surface area contributed by atoms with Gasteiger partial charge < -0.3 is 9.64 Å². The molecule has 1 aromatic heterocycles. The third kappa shape index (κ3) is 4.54. The molecular weight excluding hydrogens is 545 g/mol. The molecule has 2 aromatic carbocycles. The van der Waals surface area contributed by atoms with Crippen LogP contribution in [0.15, 0.2) is 58.4 Å². The van der Waals surface area contributed by atoms with Crippen molar-refractivity contribution in [3.63, 3.8) is 0 Å². The second-order valence-electron chi connectivity index (χ2n) is 9.03. The Balaban J connectivity index is 1.84. The van der Waals surface area contributed by atoms with Gasteiger partial charge in [-0.1, -0.05) is 24.3 Å². The molecule has 0 radical (unpaired) electrons. The minimum Gasteiger partial charge on any atom is -0.420 e. The van der Waals surface area contributed by atoms with Gasteiger partial charge in [-0.05, 0) is 30.2 Å². The van der Waals surface area contributed by atoms with Gasteiger partial charge in [0.1, 0.15) is 30.4 Å². The first-order valence-corrected chi connectivity index (χ1v) is 12.7. The van der Waals surface area contributed by atoms with Crippen LogP contribution in [0.3, 0.4) is 0 Å². The topological polar surface area (TPSA) is 71.8 Å². The van der Waals surface area contributed by atoms with Gasteiger partial charge in [-0.25, -0.2) is 8.78 Å². The number of hydrogen-bond donors (Lipinski definition) is 0. The average Bonchev–Trinajstić information content (AvgIpc) is 3.03. The van der Waals surface area contributed by atoms with Crippen LogP contribution in [-0.4, -0.2) is 40.3 Å². The molecule has 0 N–H and O–H groups in total. The van der Waals surface area contributed by atoms with Crippen LogP contribution in [0.25, 0.3) is 0 Å². The van der Waals surface area contributed by atoms with Crippen molar-refractivity contribution in [2.45, 2.75) is 42.8 Å². The molecule has 0 saturated heterocycles. The van der Waals surface area contributed by atoms with E-state index in [0.717, 1.165) is 42.5 Å². The van der Waals surface area contributed by atoms with E-state index >= 15 is 8.78 Å². The SMILES string of the molecule is CC(=O)Oc1c2n(ccc1=O)N([C@H]1c3cccc(F)c3SCc3cccc(F)c31)CN([C@H](C)C(F)(F)F)C2=O. The number of benzene rings is 2. The molecule has 2 aliphatic rings. The molecule has 0 unspecified atom stereocenters. The van der Waals surface area contributed by atoms with E-state index in [9.17, 15) is 27.6 Å². The number of fused-ring (bicyclic) bond motifs is 3. The van der Waals surface area contributed by atoms with Gasteiger partial charge in [0.15, 0.2) is 5.69 Å². The molecular formula is C26H20F5N3O4S. The molecule has 5 rings (SSSR count). The lowest BCUT2D eigenvalue weighted by atomic mass is 9.93. The van der Waals surface area contributed by atoms with Crippen LogP contribution in [-0.2, 0) is 10.5 Å². The maximum absolute atomic E-state index is 15.5. The summed E-state index contributed by atoms with van der Waals surface area (Å²) in [4.78, 5) is 38.5. The second kappa shape index (κ2) is 9.70. The average molecular weight is 566 g/mol. The van der Waals surface area contributed by atoms with Gasteiger partial charge in [-0.2, -0.15) is 13.2 Å². The summed E-state index contributed by atoms with van der Waals surface area (Å²) < 4.78 is 78.4. The molecule has 7 nitrogen and oxygen atoms in total. The molecule has 0 fully saturated rings. The van der Waals surface area contributed by atoms with Crippen molar-refractivity contribution in [1.29, 1.82) is 0 Å². The van der Waals surface area contributed by atoms with Crippen LogP contribution in [0.5, 0.6) is 5.75 Å². The van der Waals surface area contributed by atoms with E-state index in [1.165, 1.54) is 35.3 Å². The van der Waals surface area contributed by atoms with E-state index in [1.54, 1.807) is 6.07 Å². The Kier molecular flexibility index (Phi) is 6.65. The molecule has 3 heterocycles. The van der Waals surface area contributed by atoms with Gasteiger partial charge in [0.25, 0.3) is 5.91 Å². The number of nitrogens with zero attached hydrogens (tertiary/aromatic N) is 3. The van der Waals surface area contributed by atoms with Crippen molar-refractivity contribution in [1.82, 2.24) is 9.58 Å². The summed E-state index contributed by atoms with van der Waals surface area (Å²) in [5.41, 5.74) is -0.775. The normalized spacial score (nSPS) is 17.6. The monoisotopic (exact) mass is 565 g/mol. The number of hydrogen-bond acceptors (Lipinski definition) is 6. The van der Waals surface area contributed by atoms with Crippen molar-refractivity contribution in [3.05, 3.63) is 92.9 Å². The second-order valence-corrected chi connectivity index (χ2v) is 10.0. The van der Waals surface area contributed by atoms with Crippen molar-refractivity contribution in [3.8, 4) is 5.75 Å². The highest BCUT2D eigenvalue weighted by Gasteiger charge is 2.48. The van der Waals surface area contributed by atoms with E-state index in [2.05, 4.69) is 0 Å². The first-order valence-electron chi connectivity index (χ1n) is 11.7. The summed E-state index contributed by atoms with van der Waals surface area (Å²) in [6, 6.07) is 5.84. The minimum absolute atomic E-state index is 0.0713. The lowest BCUT2D eigenvalue weighted by Crippen LogP contribution is -2.60. The van der Waals surface area contributed by atoms with Crippen molar-refractivity contribution < 1.29 is 36.3 Å². The van der Waals surface area contributed by atoms with Crippen LogP contribution in [0.2, 0.25) is 0 Å². The summed E-state index contributed by atoms with van der Waals surface area (Å²) in [5.74, 6) is -4.09. The number of aromatic nitrogens is 1. The Morgan fingerprint density at radius 3 is 2.46 bits per heavy atom. The Morgan fingerprint density at radius 2 is 1.77 bits per heavy atom. The number of rotatable bonds is 3. The molecule has 3 aromatic rings. The third-order valence-corrected chi connectivity index (χ3v) is 7.81. The summed E-state index contributed by atoms with van der Waals surface area (Å²) >= 11 is 1.11. The van der Waals surface area contributed by atoms with E-state index in [1.807, 2.05) is 0 Å². The summed E-state index contributed by atoms with van der Waals surface area (Å²) in [5, 5.41) is 1.23. The molecule has 1 amide bonds. The van der Waals surface area contributed by atoms with E-state index in [-0.39, 0.29) is 21.8 Å². The molecule has 0 spiro atoms. The zero-order valence-electron chi connectivity index (χ0n) is 20.5. The summed E-state index contributed by atoms with van der Waals surface area (Å²) in [6.07, 6.45) is -3.73. The molecule has 39 heavy (non-hydrogen) atoms. The third-order valence-electron chi connectivity index (χ3n) is 6.64. The smallest absolute Gasteiger partial charge is 0.408 e. The maximum Gasteiger partial charge on any atom is 0.408 e. The number of halogens is 5. The highest BCUT2D eigenvalue weighted by molar-refractivity contribution is 7.98. The van der Waals surface area contributed by atoms with Gasteiger partial charge in [0.2, 0.25) is 11.2 Å². The van der Waals surface area contributed by atoms with Crippen molar-refractivity contribution in [2.24, 2.45) is 0 Å². The standard InChI is InChI=1S/C26H20F5N3O4S/c1-13(26(29,30)31)32-12-34(33-10-9-19(36)23(38-14(2)35)22(33)25(32)37)21-16-6-4-8-18(28)24(16)39-11-15-5-3-7-17(27)20(15)21/h3-10,13,21H,11-12H2,1-2H3/t13-,21+/m1/s1. The fourth-order valence-electron chi connectivity index (χ4n) is 4.79. The number of thioether (sulfide) groups is 1. The van der Waals surface area contributed by atoms with Gasteiger partial charge in [-0.3, -0.25) is 24.1 Å². The number of pyridine rings is 1. The highest BCUT2D eigenvalue weighted by Crippen LogP contribution is 2.45. The number of carbonyl (C=O) groups is 2. The van der Waals surface area contributed by atoms with E-state index in [4.69, 9.17) is 4.74 Å². The number of carbonyl (C=O) groups excluding carboxylic acids is 2. The first-order chi connectivity index (χ1) is 18.4. The molecule has 0 aliphatic carbocycles. The van der Waals surface area contributed by atoms with E-state index < -0.39 is 65.3 Å². The van der Waals surface area contributed by atoms with Crippen LogP contribution in [0.1, 0.15) is 47.1 Å². The fraction of sp³-hybridized carbons (Fsp3) is 0.269. The lowest BCUT2D eigenvalue weighted by Gasteiger charge is -2.46.